The van der Waals surface area contributed by atoms with Crippen LogP contribution in [0.25, 0.3) is 0 Å². The maximum absolute atomic E-state index is 13.1. The molecule has 0 radical (unpaired) electrons. The smallest absolute Gasteiger partial charge is 0.257 e. The van der Waals surface area contributed by atoms with E-state index in [0.29, 0.717) is 17.8 Å². The molecule has 0 bridgehead atoms. The van der Waals surface area contributed by atoms with E-state index in [0.717, 1.165) is 11.3 Å². The summed E-state index contributed by atoms with van der Waals surface area (Å²) in [6.07, 6.45) is 0. The average Bonchev–Trinajstić information content (AvgIpc) is 2.68. The fourth-order valence-corrected chi connectivity index (χ4v) is 2.04. The van der Waals surface area contributed by atoms with Crippen molar-refractivity contribution in [3.8, 4) is 0 Å². The Morgan fingerprint density at radius 2 is 2.16 bits per heavy atom. The lowest BCUT2D eigenvalue weighted by Crippen LogP contribution is -2.27. The van der Waals surface area contributed by atoms with Crippen molar-refractivity contribution in [2.24, 2.45) is 0 Å². The van der Waals surface area contributed by atoms with E-state index in [1.807, 2.05) is 6.92 Å². The van der Waals surface area contributed by atoms with Crippen molar-refractivity contribution >= 4 is 5.91 Å². The molecule has 0 saturated heterocycles. The highest BCUT2D eigenvalue weighted by Crippen LogP contribution is 2.14. The van der Waals surface area contributed by atoms with Gasteiger partial charge in [0.1, 0.15) is 5.82 Å². The number of carbonyl (C=O) groups is 1. The number of halogens is 1. The van der Waals surface area contributed by atoms with E-state index in [4.69, 9.17) is 0 Å². The highest BCUT2D eigenvalue weighted by atomic mass is 19.1. The quantitative estimate of drug-likeness (QED) is 0.922. The Morgan fingerprint density at radius 3 is 2.74 bits per heavy atom. The second kappa shape index (κ2) is 5.22. The van der Waals surface area contributed by atoms with E-state index in [1.165, 1.54) is 12.1 Å². The van der Waals surface area contributed by atoms with E-state index in [-0.39, 0.29) is 11.7 Å². The van der Waals surface area contributed by atoms with Crippen molar-refractivity contribution in [3.63, 3.8) is 0 Å². The highest BCUT2D eigenvalue weighted by Gasteiger charge is 2.19. The van der Waals surface area contributed by atoms with Crippen LogP contribution >= 0.6 is 0 Å². The summed E-state index contributed by atoms with van der Waals surface area (Å²) in [5, 5.41) is 6.80. The normalized spacial score (nSPS) is 10.5. The molecule has 1 heterocycles. The molecule has 1 amide bonds. The van der Waals surface area contributed by atoms with Crippen molar-refractivity contribution in [2.45, 2.75) is 20.4 Å². The SMILES string of the molecule is Cc1n[nH]c(C)c1C(=O)N(C)Cc1cccc(F)c1. The standard InChI is InChI=1S/C14H16FN3O/c1-9-13(10(2)17-16-9)14(19)18(3)8-11-5-4-6-12(15)7-11/h4-7H,8H2,1-3H3,(H,16,17). The van der Waals surface area contributed by atoms with Crippen LogP contribution in [0.5, 0.6) is 0 Å². The largest absolute Gasteiger partial charge is 0.337 e. The van der Waals surface area contributed by atoms with E-state index in [2.05, 4.69) is 10.2 Å². The van der Waals surface area contributed by atoms with Crippen LogP contribution in [-0.4, -0.2) is 28.1 Å². The summed E-state index contributed by atoms with van der Waals surface area (Å²) in [5.41, 5.74) is 2.76. The van der Waals surface area contributed by atoms with E-state index >= 15 is 0 Å². The number of carbonyl (C=O) groups excluding carboxylic acids is 1. The zero-order valence-corrected chi connectivity index (χ0v) is 11.2. The van der Waals surface area contributed by atoms with Crippen molar-refractivity contribution in [2.75, 3.05) is 7.05 Å². The third kappa shape index (κ3) is 2.81. The first kappa shape index (κ1) is 13.3. The number of aryl methyl sites for hydroxylation is 2. The summed E-state index contributed by atoms with van der Waals surface area (Å²) in [7, 11) is 1.69. The molecule has 0 unspecified atom stereocenters. The van der Waals surface area contributed by atoms with Gasteiger partial charge in [-0.15, -0.1) is 0 Å². The van der Waals surface area contributed by atoms with Crippen molar-refractivity contribution < 1.29 is 9.18 Å². The molecule has 0 atom stereocenters. The molecule has 5 heteroatoms. The van der Waals surface area contributed by atoms with Crippen molar-refractivity contribution in [1.29, 1.82) is 0 Å². The molecule has 2 rings (SSSR count). The molecule has 0 spiro atoms. The number of rotatable bonds is 3. The minimum absolute atomic E-state index is 0.118. The zero-order chi connectivity index (χ0) is 14.0. The molecule has 2 aromatic rings. The molecule has 0 fully saturated rings. The Hall–Kier alpha value is -2.17. The Kier molecular flexibility index (Phi) is 3.64. The summed E-state index contributed by atoms with van der Waals surface area (Å²) in [6.45, 7) is 3.96. The Morgan fingerprint density at radius 1 is 1.42 bits per heavy atom. The van der Waals surface area contributed by atoms with Crippen LogP contribution in [0.2, 0.25) is 0 Å². The first-order valence-corrected chi connectivity index (χ1v) is 6.00. The maximum atomic E-state index is 13.1. The first-order valence-electron chi connectivity index (χ1n) is 6.00. The minimum Gasteiger partial charge on any atom is -0.337 e. The Bertz CT molecular complexity index is 587. The predicted octanol–water partition coefficient (Wildman–Crippen LogP) is 2.44. The van der Waals surface area contributed by atoms with Crippen molar-refractivity contribution in [3.05, 3.63) is 52.6 Å². The number of hydrogen-bond donors (Lipinski definition) is 1. The molecule has 100 valence electrons. The fourth-order valence-electron chi connectivity index (χ4n) is 2.04. The molecular formula is C14H16FN3O. The molecule has 4 nitrogen and oxygen atoms in total. The van der Waals surface area contributed by atoms with Gasteiger partial charge in [-0.3, -0.25) is 9.89 Å². The Labute approximate surface area is 111 Å². The summed E-state index contributed by atoms with van der Waals surface area (Å²) in [6, 6.07) is 6.24. The van der Waals surface area contributed by atoms with Gasteiger partial charge in [-0.1, -0.05) is 12.1 Å². The monoisotopic (exact) mass is 261 g/mol. The summed E-state index contributed by atoms with van der Waals surface area (Å²) in [5.74, 6) is -0.415. The number of amides is 1. The van der Waals surface area contributed by atoms with Crippen LogP contribution in [0.4, 0.5) is 4.39 Å². The first-order chi connectivity index (χ1) is 8.99. The number of H-pyrrole nitrogens is 1. The number of hydrogen-bond acceptors (Lipinski definition) is 2. The average molecular weight is 261 g/mol. The number of aromatic amines is 1. The molecule has 0 aliphatic rings. The lowest BCUT2D eigenvalue weighted by Gasteiger charge is -2.17. The summed E-state index contributed by atoms with van der Waals surface area (Å²) < 4.78 is 13.1. The second-order valence-corrected chi connectivity index (χ2v) is 4.60. The van der Waals surface area contributed by atoms with Gasteiger partial charge in [0.05, 0.1) is 11.3 Å². The number of benzene rings is 1. The fraction of sp³-hybridized carbons (Fsp3) is 0.286. The van der Waals surface area contributed by atoms with Gasteiger partial charge in [-0.2, -0.15) is 5.10 Å². The van der Waals surface area contributed by atoms with Gasteiger partial charge >= 0.3 is 0 Å². The third-order valence-electron chi connectivity index (χ3n) is 3.00. The molecule has 19 heavy (non-hydrogen) atoms. The van der Waals surface area contributed by atoms with Gasteiger partial charge in [0.15, 0.2) is 0 Å². The highest BCUT2D eigenvalue weighted by molar-refractivity contribution is 5.96. The van der Waals surface area contributed by atoms with Gasteiger partial charge in [0, 0.05) is 19.3 Å². The third-order valence-corrected chi connectivity index (χ3v) is 3.00. The molecular weight excluding hydrogens is 245 g/mol. The van der Waals surface area contributed by atoms with Crippen LogP contribution in [-0.2, 0) is 6.54 Å². The van der Waals surface area contributed by atoms with E-state index in [1.54, 1.807) is 31.0 Å². The number of aromatic nitrogens is 2. The van der Waals surface area contributed by atoms with Gasteiger partial charge in [-0.05, 0) is 31.5 Å². The van der Waals surface area contributed by atoms with Crippen LogP contribution in [0.1, 0.15) is 27.3 Å². The van der Waals surface area contributed by atoms with E-state index < -0.39 is 0 Å². The molecule has 0 aliphatic carbocycles. The number of nitrogens with one attached hydrogen (secondary N) is 1. The van der Waals surface area contributed by atoms with Crippen LogP contribution < -0.4 is 0 Å². The van der Waals surface area contributed by atoms with Crippen LogP contribution in [0, 0.1) is 19.7 Å². The second-order valence-electron chi connectivity index (χ2n) is 4.60. The van der Waals surface area contributed by atoms with E-state index in [9.17, 15) is 9.18 Å². The lowest BCUT2D eigenvalue weighted by molar-refractivity contribution is 0.0783. The lowest BCUT2D eigenvalue weighted by atomic mass is 10.1. The molecule has 1 aromatic carbocycles. The predicted molar refractivity (Wildman–Crippen MR) is 70.3 cm³/mol. The Balaban J connectivity index is 2.16. The van der Waals surface area contributed by atoms with Gasteiger partial charge in [0.25, 0.3) is 5.91 Å². The molecule has 1 N–H and O–H groups in total. The molecule has 1 aromatic heterocycles. The van der Waals surface area contributed by atoms with Crippen molar-refractivity contribution in [1.82, 2.24) is 15.1 Å². The van der Waals surface area contributed by atoms with Crippen LogP contribution in [0.3, 0.4) is 0 Å². The summed E-state index contributed by atoms with van der Waals surface area (Å²) in [4.78, 5) is 13.9. The maximum Gasteiger partial charge on any atom is 0.257 e. The van der Waals surface area contributed by atoms with Gasteiger partial charge in [0.2, 0.25) is 0 Å². The number of nitrogens with zero attached hydrogens (tertiary/aromatic N) is 2. The van der Waals surface area contributed by atoms with Gasteiger partial charge < -0.3 is 4.90 Å². The summed E-state index contributed by atoms with van der Waals surface area (Å²) >= 11 is 0. The molecule has 0 aliphatic heterocycles. The van der Waals surface area contributed by atoms with Gasteiger partial charge in [-0.25, -0.2) is 4.39 Å². The zero-order valence-electron chi connectivity index (χ0n) is 11.2. The van der Waals surface area contributed by atoms with Crippen LogP contribution in [0.15, 0.2) is 24.3 Å². The topological polar surface area (TPSA) is 49.0 Å². The minimum atomic E-state index is -0.297. The molecule has 0 saturated carbocycles.